The van der Waals surface area contributed by atoms with Crippen molar-refractivity contribution < 1.29 is 9.63 Å². The van der Waals surface area contributed by atoms with E-state index < -0.39 is 0 Å². The molecule has 0 radical (unpaired) electrons. The first-order valence-electron chi connectivity index (χ1n) is 5.96. The highest BCUT2D eigenvalue weighted by Gasteiger charge is 2.13. The summed E-state index contributed by atoms with van der Waals surface area (Å²) in [6.45, 7) is 5.54. The number of anilines is 1. The lowest BCUT2D eigenvalue weighted by atomic mass is 10.1. The minimum absolute atomic E-state index is 0.180. The zero-order valence-corrected chi connectivity index (χ0v) is 10.2. The zero-order chi connectivity index (χ0) is 12.3. The second-order valence-corrected chi connectivity index (χ2v) is 4.68. The first-order chi connectivity index (χ1) is 8.16. The maximum Gasteiger partial charge on any atom is 0.274 e. The molecule has 17 heavy (non-hydrogen) atoms. The zero-order valence-electron chi connectivity index (χ0n) is 10.2. The van der Waals surface area contributed by atoms with Crippen LogP contribution in [0, 0.1) is 5.92 Å². The second kappa shape index (κ2) is 5.19. The highest BCUT2D eigenvalue weighted by Crippen LogP contribution is 2.22. The summed E-state index contributed by atoms with van der Waals surface area (Å²) < 4.78 is 0. The predicted octanol–water partition coefficient (Wildman–Crippen LogP) is 1.97. The molecule has 4 heteroatoms. The van der Waals surface area contributed by atoms with Crippen LogP contribution in [0.15, 0.2) is 18.2 Å². The third kappa shape index (κ3) is 2.97. The van der Waals surface area contributed by atoms with Crippen LogP contribution >= 0.6 is 0 Å². The first-order valence-corrected chi connectivity index (χ1v) is 5.96. The van der Waals surface area contributed by atoms with Gasteiger partial charge in [-0.3, -0.25) is 9.63 Å². The minimum Gasteiger partial charge on any atom is -0.384 e. The van der Waals surface area contributed by atoms with Gasteiger partial charge in [0.25, 0.3) is 5.91 Å². The molecule has 4 nitrogen and oxygen atoms in total. The van der Waals surface area contributed by atoms with Gasteiger partial charge in [-0.2, -0.15) is 0 Å². The largest absolute Gasteiger partial charge is 0.384 e. The molecule has 2 rings (SSSR count). The average molecular weight is 234 g/mol. The molecular weight excluding hydrogens is 216 g/mol. The Labute approximate surface area is 101 Å². The molecule has 0 saturated carbocycles. The molecule has 0 aromatic heterocycles. The standard InChI is InChI=1S/C13H18N2O2/c1-9(2)8-17-15-13(16)11-3-4-12-10(7-11)5-6-14-12/h3-4,7,9,14H,5-6,8H2,1-2H3,(H,15,16). The summed E-state index contributed by atoms with van der Waals surface area (Å²) in [4.78, 5) is 16.9. The Hall–Kier alpha value is -1.55. The number of carbonyl (C=O) groups is 1. The van der Waals surface area contributed by atoms with Crippen LogP contribution in [0.2, 0.25) is 0 Å². The van der Waals surface area contributed by atoms with Crippen LogP contribution in [0.5, 0.6) is 0 Å². The Kier molecular flexibility index (Phi) is 3.64. The number of carbonyl (C=O) groups excluding carboxylic acids is 1. The molecule has 0 bridgehead atoms. The van der Waals surface area contributed by atoms with Gasteiger partial charge < -0.3 is 5.32 Å². The van der Waals surface area contributed by atoms with E-state index >= 15 is 0 Å². The van der Waals surface area contributed by atoms with Crippen LogP contribution in [0.4, 0.5) is 5.69 Å². The smallest absolute Gasteiger partial charge is 0.274 e. The maximum atomic E-state index is 11.8. The minimum atomic E-state index is -0.180. The maximum absolute atomic E-state index is 11.8. The number of fused-ring (bicyclic) bond motifs is 1. The van der Waals surface area contributed by atoms with E-state index in [1.54, 1.807) is 0 Å². The van der Waals surface area contributed by atoms with Gasteiger partial charge in [-0.1, -0.05) is 13.8 Å². The van der Waals surface area contributed by atoms with E-state index in [-0.39, 0.29) is 5.91 Å². The van der Waals surface area contributed by atoms with Crippen molar-refractivity contribution in [1.82, 2.24) is 5.48 Å². The van der Waals surface area contributed by atoms with Gasteiger partial charge in [0.1, 0.15) is 0 Å². The Morgan fingerprint density at radius 1 is 1.53 bits per heavy atom. The lowest BCUT2D eigenvalue weighted by molar-refractivity contribution is 0.0208. The average Bonchev–Trinajstić information content (AvgIpc) is 2.75. The Bertz CT molecular complexity index is 416. The molecule has 92 valence electrons. The van der Waals surface area contributed by atoms with Gasteiger partial charge in [-0.15, -0.1) is 0 Å². The molecule has 2 N–H and O–H groups in total. The number of benzene rings is 1. The topological polar surface area (TPSA) is 50.4 Å². The summed E-state index contributed by atoms with van der Waals surface area (Å²) in [5.41, 5.74) is 5.44. The van der Waals surface area contributed by atoms with E-state index in [0.29, 0.717) is 18.1 Å². The molecule has 0 spiro atoms. The molecule has 0 atom stereocenters. The number of amides is 1. The molecule has 1 amide bonds. The molecule has 1 heterocycles. The van der Waals surface area contributed by atoms with E-state index in [4.69, 9.17) is 4.84 Å². The van der Waals surface area contributed by atoms with Crippen molar-refractivity contribution >= 4 is 11.6 Å². The Morgan fingerprint density at radius 2 is 2.35 bits per heavy atom. The van der Waals surface area contributed by atoms with Crippen LogP contribution in [0.1, 0.15) is 29.8 Å². The van der Waals surface area contributed by atoms with Crippen LogP contribution in [0.3, 0.4) is 0 Å². The molecule has 0 unspecified atom stereocenters. The number of rotatable bonds is 4. The second-order valence-electron chi connectivity index (χ2n) is 4.68. The lowest BCUT2D eigenvalue weighted by Gasteiger charge is -2.08. The fraction of sp³-hybridized carbons (Fsp3) is 0.462. The first kappa shape index (κ1) is 11.9. The van der Waals surface area contributed by atoms with Crippen LogP contribution in [0.25, 0.3) is 0 Å². The van der Waals surface area contributed by atoms with Crippen molar-refractivity contribution in [2.45, 2.75) is 20.3 Å². The van der Waals surface area contributed by atoms with Crippen molar-refractivity contribution in [1.29, 1.82) is 0 Å². The number of hydrogen-bond donors (Lipinski definition) is 2. The molecule has 1 aliphatic heterocycles. The molecule has 0 fully saturated rings. The van der Waals surface area contributed by atoms with Crippen LogP contribution in [-0.4, -0.2) is 19.1 Å². The van der Waals surface area contributed by atoms with Crippen molar-refractivity contribution in [2.75, 3.05) is 18.5 Å². The fourth-order valence-corrected chi connectivity index (χ4v) is 1.78. The summed E-state index contributed by atoms with van der Waals surface area (Å²) in [6, 6.07) is 5.67. The Morgan fingerprint density at radius 3 is 3.12 bits per heavy atom. The number of nitrogens with one attached hydrogen (secondary N) is 2. The molecular formula is C13H18N2O2. The van der Waals surface area contributed by atoms with E-state index in [2.05, 4.69) is 10.8 Å². The van der Waals surface area contributed by atoms with E-state index in [9.17, 15) is 4.79 Å². The normalized spacial score (nSPS) is 13.4. The monoisotopic (exact) mass is 234 g/mol. The summed E-state index contributed by atoms with van der Waals surface area (Å²) in [5, 5.41) is 3.26. The van der Waals surface area contributed by atoms with E-state index in [0.717, 1.165) is 18.7 Å². The lowest BCUT2D eigenvalue weighted by Crippen LogP contribution is -2.25. The third-order valence-electron chi connectivity index (χ3n) is 2.66. The molecule has 1 aromatic rings. The van der Waals surface area contributed by atoms with Crippen LogP contribution in [-0.2, 0) is 11.3 Å². The van der Waals surface area contributed by atoms with Gasteiger partial charge in [0, 0.05) is 17.8 Å². The van der Waals surface area contributed by atoms with Gasteiger partial charge in [0.15, 0.2) is 0 Å². The molecule has 1 aliphatic rings. The summed E-state index contributed by atoms with van der Waals surface area (Å²) in [6.07, 6.45) is 0.976. The molecule has 0 saturated heterocycles. The van der Waals surface area contributed by atoms with E-state index in [1.165, 1.54) is 5.56 Å². The van der Waals surface area contributed by atoms with Crippen molar-refractivity contribution in [3.63, 3.8) is 0 Å². The van der Waals surface area contributed by atoms with Crippen molar-refractivity contribution in [3.05, 3.63) is 29.3 Å². The highest BCUT2D eigenvalue weighted by atomic mass is 16.6. The summed E-state index contributed by atoms with van der Waals surface area (Å²) in [7, 11) is 0. The van der Waals surface area contributed by atoms with Gasteiger partial charge >= 0.3 is 0 Å². The summed E-state index contributed by atoms with van der Waals surface area (Å²) >= 11 is 0. The fourth-order valence-electron chi connectivity index (χ4n) is 1.78. The van der Waals surface area contributed by atoms with E-state index in [1.807, 2.05) is 32.0 Å². The molecule has 1 aromatic carbocycles. The number of hydrogen-bond acceptors (Lipinski definition) is 3. The van der Waals surface area contributed by atoms with Crippen molar-refractivity contribution in [3.8, 4) is 0 Å². The Balaban J connectivity index is 1.95. The van der Waals surface area contributed by atoms with Gasteiger partial charge in [-0.05, 0) is 36.1 Å². The number of hydroxylamine groups is 1. The SMILES string of the molecule is CC(C)CONC(=O)c1ccc2c(c1)CCN2. The summed E-state index contributed by atoms with van der Waals surface area (Å²) in [5.74, 6) is 0.222. The third-order valence-corrected chi connectivity index (χ3v) is 2.66. The van der Waals surface area contributed by atoms with Gasteiger partial charge in [0.05, 0.1) is 6.61 Å². The predicted molar refractivity (Wildman–Crippen MR) is 66.9 cm³/mol. The van der Waals surface area contributed by atoms with Gasteiger partial charge in [0.2, 0.25) is 0 Å². The van der Waals surface area contributed by atoms with Crippen LogP contribution < -0.4 is 10.8 Å². The quantitative estimate of drug-likeness (QED) is 0.783. The van der Waals surface area contributed by atoms with Crippen molar-refractivity contribution in [2.24, 2.45) is 5.92 Å². The highest BCUT2D eigenvalue weighted by molar-refractivity contribution is 5.94. The molecule has 0 aliphatic carbocycles. The van der Waals surface area contributed by atoms with Gasteiger partial charge in [-0.25, -0.2) is 5.48 Å².